The summed E-state index contributed by atoms with van der Waals surface area (Å²) in [5.74, 6) is 0. The molecule has 0 bridgehead atoms. The molecule has 0 heterocycles. The number of thiocarbonyl (C=S) groups is 1. The van der Waals surface area contributed by atoms with Crippen molar-refractivity contribution in [2.24, 2.45) is 0 Å². The molecule has 0 aromatic heterocycles. The first kappa shape index (κ1) is 7.12. The lowest BCUT2D eigenvalue weighted by molar-refractivity contribution is 1.27. The summed E-state index contributed by atoms with van der Waals surface area (Å²) in [6.45, 7) is 1.69. The maximum Gasteiger partial charge on any atom is 0.0998 e. The Morgan fingerprint density at radius 2 is 2.50 bits per heavy atom. The van der Waals surface area contributed by atoms with Crippen LogP contribution < -0.4 is 5.32 Å². The molecule has 0 aliphatic carbocycles. The molecule has 8 heavy (non-hydrogen) atoms. The minimum atomic E-state index is 0.538. The van der Waals surface area contributed by atoms with Gasteiger partial charge in [0.2, 0.25) is 0 Å². The van der Waals surface area contributed by atoms with Gasteiger partial charge in [0.1, 0.15) is 0 Å². The molecule has 0 aromatic carbocycles. The predicted octanol–water partition coefficient (Wildman–Crippen LogP) is 0.975. The Bertz CT molecular complexity index is 143. The molecule has 0 saturated heterocycles. The van der Waals surface area contributed by atoms with Gasteiger partial charge in [-0.25, -0.2) is 5.32 Å². The van der Waals surface area contributed by atoms with Crippen molar-refractivity contribution in [1.29, 1.82) is 5.26 Å². The zero-order valence-electron chi connectivity index (χ0n) is 4.46. The third-order valence-electron chi connectivity index (χ3n) is 0.405. The molecule has 3 heteroatoms. The second-order valence-corrected chi connectivity index (χ2v) is 1.68. The maximum absolute atomic E-state index is 7.94. The van der Waals surface area contributed by atoms with E-state index >= 15 is 0 Å². The van der Waals surface area contributed by atoms with Gasteiger partial charge in [-0.2, -0.15) is 5.26 Å². The van der Waals surface area contributed by atoms with Crippen molar-refractivity contribution >= 4 is 17.2 Å². The quantitative estimate of drug-likeness (QED) is 0.387. The molecule has 0 fully saturated rings. The lowest BCUT2D eigenvalue weighted by Gasteiger charge is -1.83. The summed E-state index contributed by atoms with van der Waals surface area (Å²) < 4.78 is 0. The molecular weight excluding hydrogens is 120 g/mol. The lowest BCUT2D eigenvalue weighted by atomic mass is 10.6. The molecule has 0 amide bonds. The highest BCUT2D eigenvalue weighted by Crippen LogP contribution is 1.71. The van der Waals surface area contributed by atoms with Gasteiger partial charge in [-0.15, -0.1) is 0 Å². The Kier molecular flexibility index (Phi) is 3.81. The summed E-state index contributed by atoms with van der Waals surface area (Å²) in [7, 11) is 0. The van der Waals surface area contributed by atoms with Gasteiger partial charge in [-0.05, 0) is 6.92 Å². The highest BCUT2D eigenvalue weighted by Gasteiger charge is 1.77. The van der Waals surface area contributed by atoms with Gasteiger partial charge in [0.25, 0.3) is 0 Å². The van der Waals surface area contributed by atoms with Crippen molar-refractivity contribution in [3.8, 4) is 6.07 Å². The third kappa shape index (κ3) is 5.12. The smallest absolute Gasteiger partial charge is 0.0998 e. The molecule has 0 aromatic rings. The molecule has 0 saturated carbocycles. The summed E-state index contributed by atoms with van der Waals surface area (Å²) in [6.07, 6.45) is 2.65. The Labute approximate surface area is 53.8 Å². The van der Waals surface area contributed by atoms with E-state index in [0.717, 1.165) is 0 Å². The van der Waals surface area contributed by atoms with Gasteiger partial charge in [0.05, 0.1) is 11.1 Å². The Hall–Kier alpha value is -0.880. The summed E-state index contributed by atoms with van der Waals surface area (Å²) in [4.78, 5) is 0.538. The second kappa shape index (κ2) is 4.28. The summed E-state index contributed by atoms with van der Waals surface area (Å²) in [6, 6.07) is 1.79. The van der Waals surface area contributed by atoms with Crippen LogP contribution in [0.1, 0.15) is 6.92 Å². The van der Waals surface area contributed by atoms with Crippen molar-refractivity contribution in [1.82, 2.24) is 5.32 Å². The number of rotatable bonds is 1. The molecule has 41 valence electrons. The SMILES string of the molecule is CC(=S)[N]C=CC#N. The summed E-state index contributed by atoms with van der Waals surface area (Å²) in [5, 5.41) is 11.6. The largest absolute Gasteiger partial charge is 0.249 e. The Morgan fingerprint density at radius 1 is 1.88 bits per heavy atom. The maximum atomic E-state index is 7.94. The van der Waals surface area contributed by atoms with Crippen LogP contribution in [0.2, 0.25) is 0 Å². The average molecular weight is 125 g/mol. The van der Waals surface area contributed by atoms with Crippen LogP contribution in [0.3, 0.4) is 0 Å². The molecule has 0 N–H and O–H groups in total. The van der Waals surface area contributed by atoms with Gasteiger partial charge in [0.15, 0.2) is 0 Å². The van der Waals surface area contributed by atoms with E-state index in [1.54, 1.807) is 13.0 Å². The van der Waals surface area contributed by atoms with Crippen molar-refractivity contribution in [2.45, 2.75) is 6.92 Å². The van der Waals surface area contributed by atoms with Crippen LogP contribution in [0.5, 0.6) is 0 Å². The average Bonchev–Trinajstić information content (AvgIpc) is 1.66. The topological polar surface area (TPSA) is 37.9 Å². The van der Waals surface area contributed by atoms with E-state index in [0.29, 0.717) is 4.99 Å². The normalized spacial score (nSPS) is 8.50. The molecule has 0 atom stereocenters. The number of allylic oxidation sites excluding steroid dienone is 1. The van der Waals surface area contributed by atoms with Crippen LogP contribution >= 0.6 is 12.2 Å². The number of nitriles is 1. The molecule has 0 aliphatic rings. The van der Waals surface area contributed by atoms with Crippen LogP contribution in [0.25, 0.3) is 0 Å². The minimum Gasteiger partial charge on any atom is -0.249 e. The van der Waals surface area contributed by atoms with E-state index in [4.69, 9.17) is 5.26 Å². The van der Waals surface area contributed by atoms with Crippen molar-refractivity contribution in [3.05, 3.63) is 12.3 Å². The van der Waals surface area contributed by atoms with Crippen molar-refractivity contribution in [3.63, 3.8) is 0 Å². The first-order chi connectivity index (χ1) is 3.77. The van der Waals surface area contributed by atoms with Crippen LogP contribution in [0.4, 0.5) is 0 Å². The van der Waals surface area contributed by atoms with E-state index in [-0.39, 0.29) is 0 Å². The third-order valence-corrected chi connectivity index (χ3v) is 0.511. The van der Waals surface area contributed by atoms with Crippen LogP contribution in [-0.4, -0.2) is 4.99 Å². The minimum absolute atomic E-state index is 0.538. The van der Waals surface area contributed by atoms with Gasteiger partial charge in [-0.3, -0.25) is 0 Å². The lowest BCUT2D eigenvalue weighted by Crippen LogP contribution is -1.98. The van der Waals surface area contributed by atoms with E-state index in [9.17, 15) is 0 Å². The first-order valence-corrected chi connectivity index (χ1v) is 2.44. The molecule has 1 radical (unpaired) electrons. The van der Waals surface area contributed by atoms with Gasteiger partial charge in [0, 0.05) is 12.3 Å². The fraction of sp³-hybridized carbons (Fsp3) is 0.200. The van der Waals surface area contributed by atoms with E-state index in [2.05, 4.69) is 17.5 Å². The zero-order valence-corrected chi connectivity index (χ0v) is 5.27. The highest BCUT2D eigenvalue weighted by molar-refractivity contribution is 7.80. The van der Waals surface area contributed by atoms with Crippen LogP contribution in [0, 0.1) is 11.3 Å². The van der Waals surface area contributed by atoms with E-state index in [1.165, 1.54) is 12.3 Å². The van der Waals surface area contributed by atoms with Crippen LogP contribution in [-0.2, 0) is 0 Å². The molecular formula is C5H5N2S. The fourth-order valence-electron chi connectivity index (χ4n) is 0.176. The molecule has 0 rings (SSSR count). The summed E-state index contributed by atoms with van der Waals surface area (Å²) in [5.41, 5.74) is 0. The van der Waals surface area contributed by atoms with Crippen molar-refractivity contribution in [2.75, 3.05) is 0 Å². The van der Waals surface area contributed by atoms with Gasteiger partial charge in [-0.1, -0.05) is 12.2 Å². The molecule has 0 spiro atoms. The first-order valence-electron chi connectivity index (χ1n) is 2.03. The van der Waals surface area contributed by atoms with Gasteiger partial charge < -0.3 is 0 Å². The predicted molar refractivity (Wildman–Crippen MR) is 35.2 cm³/mol. The highest BCUT2D eigenvalue weighted by atomic mass is 32.1. The standard InChI is InChI=1S/C5H5N2S/c1-5(8)7-4-2-3-6/h2,4H,1H3. The molecule has 0 aliphatic heterocycles. The number of hydrogen-bond donors (Lipinski definition) is 0. The van der Waals surface area contributed by atoms with E-state index in [1.807, 2.05) is 0 Å². The zero-order chi connectivity index (χ0) is 6.41. The monoisotopic (exact) mass is 125 g/mol. The fourth-order valence-corrected chi connectivity index (χ4v) is 0.236. The van der Waals surface area contributed by atoms with Crippen LogP contribution in [0.15, 0.2) is 12.3 Å². The van der Waals surface area contributed by atoms with Gasteiger partial charge >= 0.3 is 0 Å². The Morgan fingerprint density at radius 3 is 2.88 bits per heavy atom. The summed E-state index contributed by atoms with van der Waals surface area (Å²) >= 11 is 4.58. The molecule has 2 nitrogen and oxygen atoms in total. The second-order valence-electron chi connectivity index (χ2n) is 1.09. The van der Waals surface area contributed by atoms with Crippen molar-refractivity contribution < 1.29 is 0 Å². The number of hydrogen-bond acceptors (Lipinski definition) is 2. The van der Waals surface area contributed by atoms with E-state index < -0.39 is 0 Å². The Balaban J connectivity index is 3.34. The number of nitrogens with zero attached hydrogens (tertiary/aromatic N) is 2. The molecule has 0 unspecified atom stereocenters.